The van der Waals surface area contributed by atoms with Crippen LogP contribution in [0.4, 0.5) is 0 Å². The Morgan fingerprint density at radius 2 is 1.95 bits per heavy atom. The summed E-state index contributed by atoms with van der Waals surface area (Å²) in [6.07, 6.45) is 5.31. The van der Waals surface area contributed by atoms with Crippen molar-refractivity contribution in [1.82, 2.24) is 0 Å². The fourth-order valence-corrected chi connectivity index (χ4v) is 4.74. The Kier molecular flexibility index (Phi) is 11.8. The van der Waals surface area contributed by atoms with Crippen LogP contribution in [0.5, 0.6) is 0 Å². The predicted octanol–water partition coefficient (Wildman–Crippen LogP) is 3.98. The van der Waals surface area contributed by atoms with Gasteiger partial charge in [0.05, 0.1) is 21.1 Å². The average molecular weight is 323 g/mol. The molecule has 0 aromatic carbocycles. The average Bonchev–Trinajstić information content (AvgIpc) is 2.89. The minimum Gasteiger partial charge on any atom is -0.460 e. The van der Waals surface area contributed by atoms with E-state index in [0.717, 1.165) is 29.1 Å². The number of carbonyl (C=O) groups is 1. The predicted molar refractivity (Wildman–Crippen MR) is 92.1 cm³/mol. The Labute approximate surface area is 133 Å². The number of nitrogens with zero attached hydrogens (tertiary/aromatic N) is 1. The van der Waals surface area contributed by atoms with Crippen LogP contribution in [-0.2, 0) is 9.53 Å². The third-order valence-electron chi connectivity index (χ3n) is 2.91. The monoisotopic (exact) mass is 322 g/mol. The van der Waals surface area contributed by atoms with E-state index in [1.54, 1.807) is 0 Å². The summed E-state index contributed by atoms with van der Waals surface area (Å²) in [6.45, 7) is 5.42. The Morgan fingerprint density at radius 1 is 1.25 bits per heavy atom. The molecule has 0 bridgehead atoms. The van der Waals surface area contributed by atoms with Crippen molar-refractivity contribution < 1.29 is 14.0 Å². The van der Waals surface area contributed by atoms with Crippen LogP contribution in [0.15, 0.2) is 0 Å². The third kappa shape index (κ3) is 11.9. The molecule has 1 saturated heterocycles. The Morgan fingerprint density at radius 3 is 2.50 bits per heavy atom. The molecule has 20 heavy (non-hydrogen) atoms. The number of quaternary nitrogens is 1. The van der Waals surface area contributed by atoms with Crippen molar-refractivity contribution >= 4 is 27.6 Å². The van der Waals surface area contributed by atoms with Gasteiger partial charge in [0.15, 0.2) is 0 Å². The molecule has 0 saturated carbocycles. The second kappa shape index (κ2) is 11.8. The van der Waals surface area contributed by atoms with Gasteiger partial charge in [0, 0.05) is 17.4 Å². The van der Waals surface area contributed by atoms with Crippen LogP contribution in [-0.4, -0.2) is 55.7 Å². The van der Waals surface area contributed by atoms with Gasteiger partial charge in [-0.1, -0.05) is 41.9 Å². The molecular weight excluding hydrogens is 290 g/mol. The first-order valence-electron chi connectivity index (χ1n) is 7.72. The third-order valence-corrected chi connectivity index (χ3v) is 5.92. The lowest BCUT2D eigenvalue weighted by Crippen LogP contribution is -2.38. The van der Waals surface area contributed by atoms with E-state index in [4.69, 9.17) is 4.74 Å². The first-order valence-corrected chi connectivity index (χ1v) is 10.1. The number of hydrogen-bond acceptors (Lipinski definition) is 4. The van der Waals surface area contributed by atoms with Gasteiger partial charge in [-0.25, -0.2) is 0 Å². The number of ether oxygens (including phenoxy) is 1. The van der Waals surface area contributed by atoms with Crippen LogP contribution < -0.4 is 0 Å². The number of hydrogen-bond donors (Lipinski definition) is 0. The van der Waals surface area contributed by atoms with Crippen molar-refractivity contribution in [1.29, 1.82) is 0 Å². The lowest BCUT2D eigenvalue weighted by Gasteiger charge is -2.23. The zero-order valence-corrected chi connectivity index (χ0v) is 15.4. The summed E-state index contributed by atoms with van der Waals surface area (Å²) in [5, 5.41) is 0.823. The van der Waals surface area contributed by atoms with Gasteiger partial charge in [0.25, 0.3) is 0 Å². The minimum atomic E-state index is -0.0306. The van der Waals surface area contributed by atoms with Crippen LogP contribution in [0.3, 0.4) is 0 Å². The van der Waals surface area contributed by atoms with Gasteiger partial charge in [-0.2, -0.15) is 0 Å². The van der Waals surface area contributed by atoms with Gasteiger partial charge in [-0.05, 0) is 19.3 Å². The fourth-order valence-electron chi connectivity index (χ4n) is 1.71. The number of rotatable bonds is 8. The van der Waals surface area contributed by atoms with E-state index in [9.17, 15) is 4.79 Å². The zero-order valence-electron chi connectivity index (χ0n) is 13.8. The van der Waals surface area contributed by atoms with Gasteiger partial charge in [0.1, 0.15) is 13.2 Å². The summed E-state index contributed by atoms with van der Waals surface area (Å²) in [6, 6.07) is 0. The summed E-state index contributed by atoms with van der Waals surface area (Å²) in [5.74, 6) is 1.26. The normalized spacial score (nSPS) is 18.4. The highest BCUT2D eigenvalue weighted by molar-refractivity contribution is 8.77. The van der Waals surface area contributed by atoms with Crippen molar-refractivity contribution in [3.05, 3.63) is 0 Å². The first kappa shape index (κ1) is 20.1. The molecule has 0 aromatic rings. The topological polar surface area (TPSA) is 26.3 Å². The van der Waals surface area contributed by atoms with Crippen LogP contribution in [0, 0.1) is 0 Å². The maximum Gasteiger partial charge on any atom is 0.305 e. The second-order valence-corrected chi connectivity index (χ2v) is 8.60. The highest BCUT2D eigenvalue weighted by atomic mass is 33.1. The molecule has 1 aliphatic heterocycles. The molecule has 1 aliphatic rings. The van der Waals surface area contributed by atoms with E-state index >= 15 is 0 Å². The molecule has 0 N–H and O–H groups in total. The molecule has 1 heterocycles. The number of esters is 1. The zero-order chi connectivity index (χ0) is 15.4. The number of unbranched alkanes of at least 4 members (excludes halogenated alkanes) is 1. The Balaban J connectivity index is 0.00000172. The molecule has 1 atom stereocenters. The van der Waals surface area contributed by atoms with Gasteiger partial charge in [-0.3, -0.25) is 4.79 Å². The quantitative estimate of drug-likeness (QED) is 0.292. The fraction of sp³-hybridized carbons (Fsp3) is 0.933. The Bertz CT molecular complexity index is 249. The van der Waals surface area contributed by atoms with E-state index in [1.165, 1.54) is 18.6 Å². The Hall–Kier alpha value is 0.130. The minimum absolute atomic E-state index is 0.0306. The van der Waals surface area contributed by atoms with E-state index < -0.39 is 0 Å². The molecule has 0 aromatic heterocycles. The van der Waals surface area contributed by atoms with Crippen LogP contribution >= 0.6 is 21.6 Å². The van der Waals surface area contributed by atoms with Crippen molar-refractivity contribution in [2.75, 3.05) is 40.0 Å². The molecule has 120 valence electrons. The van der Waals surface area contributed by atoms with Gasteiger partial charge in [0.2, 0.25) is 0 Å². The van der Waals surface area contributed by atoms with E-state index in [0.29, 0.717) is 13.0 Å². The molecule has 1 unspecified atom stereocenters. The molecular formula is C15H32NO2S2+. The second-order valence-electron chi connectivity index (χ2n) is 5.81. The summed E-state index contributed by atoms with van der Waals surface area (Å²) in [7, 11) is 10.3. The highest BCUT2D eigenvalue weighted by Gasteiger charge is 2.16. The van der Waals surface area contributed by atoms with Crippen molar-refractivity contribution in [2.45, 2.75) is 51.2 Å². The molecule has 3 nitrogen and oxygen atoms in total. The molecule has 0 amide bonds. The number of likely N-dealkylation sites (N-methyl/N-ethyl adjacent to an activating group) is 1. The van der Waals surface area contributed by atoms with Crippen LogP contribution in [0.25, 0.3) is 0 Å². The lowest BCUT2D eigenvalue weighted by molar-refractivity contribution is -0.870. The SMILES string of the molecule is CC.C[N+](C)(C)CCOC(=O)CCCCC1CCSS1. The maximum atomic E-state index is 11.5. The molecule has 0 spiro atoms. The van der Waals surface area contributed by atoms with E-state index in [1.807, 2.05) is 35.4 Å². The largest absolute Gasteiger partial charge is 0.460 e. The first-order chi connectivity index (χ1) is 9.47. The summed E-state index contributed by atoms with van der Waals surface area (Å²) in [5.41, 5.74) is 0. The lowest BCUT2D eigenvalue weighted by atomic mass is 10.1. The summed E-state index contributed by atoms with van der Waals surface area (Å²) < 4.78 is 6.06. The highest BCUT2D eigenvalue weighted by Crippen LogP contribution is 2.39. The molecule has 5 heteroatoms. The maximum absolute atomic E-state index is 11.5. The van der Waals surface area contributed by atoms with Gasteiger partial charge < -0.3 is 9.22 Å². The molecule has 0 radical (unpaired) electrons. The van der Waals surface area contributed by atoms with Crippen LogP contribution in [0.1, 0.15) is 46.0 Å². The van der Waals surface area contributed by atoms with Gasteiger partial charge in [-0.15, -0.1) is 0 Å². The van der Waals surface area contributed by atoms with Crippen LogP contribution in [0.2, 0.25) is 0 Å². The molecule has 1 fully saturated rings. The smallest absolute Gasteiger partial charge is 0.305 e. The van der Waals surface area contributed by atoms with E-state index in [2.05, 4.69) is 21.1 Å². The van der Waals surface area contributed by atoms with E-state index in [-0.39, 0.29) is 5.97 Å². The van der Waals surface area contributed by atoms with Crippen molar-refractivity contribution in [3.8, 4) is 0 Å². The van der Waals surface area contributed by atoms with Gasteiger partial charge >= 0.3 is 5.97 Å². The molecule has 0 aliphatic carbocycles. The summed E-state index contributed by atoms with van der Waals surface area (Å²) >= 11 is 0. The van der Waals surface area contributed by atoms with Crippen molar-refractivity contribution in [2.24, 2.45) is 0 Å². The van der Waals surface area contributed by atoms with Crippen molar-refractivity contribution in [3.63, 3.8) is 0 Å². The number of carbonyl (C=O) groups excluding carboxylic acids is 1. The molecule has 1 rings (SSSR count). The standard InChI is InChI=1S/C13H26NO2S2.C2H6/c1-14(2,3)9-10-16-13(15)7-5-4-6-12-8-11-17-18-12;1-2/h12H,4-11H2,1-3H3;1-2H3/q+1;. The summed E-state index contributed by atoms with van der Waals surface area (Å²) in [4.78, 5) is 11.5.